The van der Waals surface area contributed by atoms with Crippen LogP contribution in [0.4, 0.5) is 0 Å². The first-order valence-corrected chi connectivity index (χ1v) is 4.56. The van der Waals surface area contributed by atoms with Crippen LogP contribution in [0.5, 0.6) is 0 Å². The molecule has 1 aliphatic heterocycles. The summed E-state index contributed by atoms with van der Waals surface area (Å²) in [7, 11) is 1.73. The molecule has 0 aromatic heterocycles. The second-order valence-electron chi connectivity index (χ2n) is 3.73. The first-order valence-electron chi connectivity index (χ1n) is 4.56. The summed E-state index contributed by atoms with van der Waals surface area (Å²) in [5.74, 6) is 0. The molecule has 3 heteroatoms. The molecule has 1 heterocycles. The quantitative estimate of drug-likeness (QED) is 0.690. The third-order valence-corrected chi connectivity index (χ3v) is 2.58. The molecular weight excluding hydrogens is 154 g/mol. The average Bonchev–Trinajstić information content (AvgIpc) is 2.05. The fourth-order valence-corrected chi connectivity index (χ4v) is 1.64. The summed E-state index contributed by atoms with van der Waals surface area (Å²) in [5.41, 5.74) is 6.13. The van der Waals surface area contributed by atoms with E-state index in [1.54, 1.807) is 7.11 Å². The molecule has 0 amide bonds. The molecule has 72 valence electrons. The Morgan fingerprint density at radius 1 is 1.50 bits per heavy atom. The van der Waals surface area contributed by atoms with E-state index in [1.807, 2.05) is 0 Å². The van der Waals surface area contributed by atoms with Gasteiger partial charge in [-0.05, 0) is 26.2 Å². The summed E-state index contributed by atoms with van der Waals surface area (Å²) >= 11 is 0. The Balaban J connectivity index is 2.35. The Morgan fingerprint density at radius 3 is 2.58 bits per heavy atom. The summed E-state index contributed by atoms with van der Waals surface area (Å²) in [6.07, 6.45) is 3.11. The Morgan fingerprint density at radius 2 is 2.08 bits per heavy atom. The Labute approximate surface area is 74.2 Å². The lowest BCUT2D eigenvalue weighted by atomic mass is 9.86. The van der Waals surface area contributed by atoms with E-state index >= 15 is 0 Å². The van der Waals surface area contributed by atoms with Gasteiger partial charge in [0.2, 0.25) is 0 Å². The molecule has 0 aliphatic carbocycles. The van der Waals surface area contributed by atoms with E-state index in [-0.39, 0.29) is 11.6 Å². The highest BCUT2D eigenvalue weighted by molar-refractivity contribution is 4.87. The molecule has 1 fully saturated rings. The van der Waals surface area contributed by atoms with E-state index in [2.05, 4.69) is 6.92 Å². The van der Waals surface area contributed by atoms with Crippen molar-refractivity contribution in [3.63, 3.8) is 0 Å². The predicted molar refractivity (Wildman–Crippen MR) is 48.1 cm³/mol. The largest absolute Gasteiger partial charge is 0.382 e. The second kappa shape index (κ2) is 4.21. The maximum Gasteiger partial charge on any atom is 0.0560 e. The maximum absolute atomic E-state index is 6.18. The van der Waals surface area contributed by atoms with Gasteiger partial charge in [-0.15, -0.1) is 0 Å². The lowest BCUT2D eigenvalue weighted by Gasteiger charge is -2.35. The van der Waals surface area contributed by atoms with Gasteiger partial charge in [0.1, 0.15) is 0 Å². The van der Waals surface area contributed by atoms with E-state index in [0.717, 1.165) is 32.5 Å². The fourth-order valence-electron chi connectivity index (χ4n) is 1.64. The third kappa shape index (κ3) is 2.73. The van der Waals surface area contributed by atoms with E-state index in [1.165, 1.54) is 0 Å². The minimum absolute atomic E-state index is 0.0479. The number of hydrogen-bond donors (Lipinski definition) is 1. The van der Waals surface area contributed by atoms with Gasteiger partial charge in [0.05, 0.1) is 6.10 Å². The molecule has 1 rings (SSSR count). The predicted octanol–water partition coefficient (Wildman–Crippen LogP) is 0.919. The van der Waals surface area contributed by atoms with Crippen LogP contribution < -0.4 is 5.73 Å². The summed E-state index contributed by atoms with van der Waals surface area (Å²) in [4.78, 5) is 0. The molecule has 0 saturated carbocycles. The number of hydrogen-bond acceptors (Lipinski definition) is 3. The van der Waals surface area contributed by atoms with Crippen LogP contribution in [-0.4, -0.2) is 32.0 Å². The minimum Gasteiger partial charge on any atom is -0.382 e. The maximum atomic E-state index is 6.18. The molecule has 1 aliphatic rings. The fraction of sp³-hybridized carbons (Fsp3) is 1.00. The van der Waals surface area contributed by atoms with Crippen LogP contribution in [0.2, 0.25) is 0 Å². The number of nitrogens with two attached hydrogens (primary N) is 1. The van der Waals surface area contributed by atoms with Crippen molar-refractivity contribution >= 4 is 0 Å². The molecular formula is C9H19NO2. The van der Waals surface area contributed by atoms with Crippen LogP contribution in [0, 0.1) is 0 Å². The molecule has 0 bridgehead atoms. The molecule has 1 saturated heterocycles. The molecule has 1 atom stereocenters. The van der Waals surface area contributed by atoms with E-state index in [4.69, 9.17) is 15.2 Å². The van der Waals surface area contributed by atoms with Gasteiger partial charge in [0, 0.05) is 25.9 Å². The zero-order valence-corrected chi connectivity index (χ0v) is 8.01. The summed E-state index contributed by atoms with van der Waals surface area (Å²) in [6.45, 7) is 3.66. The molecule has 0 radical (unpaired) electrons. The van der Waals surface area contributed by atoms with Gasteiger partial charge >= 0.3 is 0 Å². The van der Waals surface area contributed by atoms with Crippen LogP contribution in [0.1, 0.15) is 26.2 Å². The number of ether oxygens (including phenoxy) is 2. The standard InChI is InChI=1S/C9H19NO2/c1-8(11-2)7-9(10)3-5-12-6-4-9/h8H,3-7,10H2,1-2H3. The van der Waals surface area contributed by atoms with Crippen molar-refractivity contribution < 1.29 is 9.47 Å². The van der Waals surface area contributed by atoms with Crippen LogP contribution >= 0.6 is 0 Å². The van der Waals surface area contributed by atoms with Crippen molar-refractivity contribution in [1.82, 2.24) is 0 Å². The third-order valence-electron chi connectivity index (χ3n) is 2.58. The van der Waals surface area contributed by atoms with Gasteiger partial charge in [-0.2, -0.15) is 0 Å². The molecule has 0 spiro atoms. The zero-order chi connectivity index (χ0) is 9.03. The van der Waals surface area contributed by atoms with Crippen LogP contribution in [-0.2, 0) is 9.47 Å². The monoisotopic (exact) mass is 173 g/mol. The van der Waals surface area contributed by atoms with Gasteiger partial charge < -0.3 is 15.2 Å². The Hall–Kier alpha value is -0.120. The summed E-state index contributed by atoms with van der Waals surface area (Å²) in [6, 6.07) is 0. The van der Waals surface area contributed by atoms with Crippen LogP contribution in [0.15, 0.2) is 0 Å². The second-order valence-corrected chi connectivity index (χ2v) is 3.73. The highest BCUT2D eigenvalue weighted by Gasteiger charge is 2.29. The minimum atomic E-state index is -0.0479. The van der Waals surface area contributed by atoms with Gasteiger partial charge in [0.15, 0.2) is 0 Å². The number of methoxy groups -OCH3 is 1. The molecule has 1 unspecified atom stereocenters. The first-order chi connectivity index (χ1) is 5.66. The Bertz CT molecular complexity index is 132. The normalized spacial score (nSPS) is 25.2. The summed E-state index contributed by atoms with van der Waals surface area (Å²) in [5, 5.41) is 0. The van der Waals surface area contributed by atoms with Crippen molar-refractivity contribution in [3.05, 3.63) is 0 Å². The molecule has 0 aromatic carbocycles. The van der Waals surface area contributed by atoms with Crippen LogP contribution in [0.25, 0.3) is 0 Å². The highest BCUT2D eigenvalue weighted by Crippen LogP contribution is 2.23. The van der Waals surface area contributed by atoms with Gasteiger partial charge in [-0.1, -0.05) is 0 Å². The summed E-state index contributed by atoms with van der Waals surface area (Å²) < 4.78 is 10.5. The van der Waals surface area contributed by atoms with Crippen molar-refractivity contribution in [2.24, 2.45) is 5.73 Å². The van der Waals surface area contributed by atoms with Gasteiger partial charge in [-0.25, -0.2) is 0 Å². The smallest absolute Gasteiger partial charge is 0.0560 e. The van der Waals surface area contributed by atoms with E-state index in [0.29, 0.717) is 0 Å². The topological polar surface area (TPSA) is 44.5 Å². The molecule has 2 N–H and O–H groups in total. The van der Waals surface area contributed by atoms with E-state index in [9.17, 15) is 0 Å². The SMILES string of the molecule is COC(C)CC1(N)CCOCC1. The lowest BCUT2D eigenvalue weighted by molar-refractivity contribution is 0.0211. The first kappa shape index (κ1) is 9.96. The molecule has 12 heavy (non-hydrogen) atoms. The van der Waals surface area contributed by atoms with Crippen LogP contribution in [0.3, 0.4) is 0 Å². The van der Waals surface area contributed by atoms with E-state index < -0.39 is 0 Å². The molecule has 0 aromatic rings. The van der Waals surface area contributed by atoms with Crippen molar-refractivity contribution in [1.29, 1.82) is 0 Å². The molecule has 3 nitrogen and oxygen atoms in total. The van der Waals surface area contributed by atoms with Gasteiger partial charge in [0.25, 0.3) is 0 Å². The van der Waals surface area contributed by atoms with Crippen molar-refractivity contribution in [2.45, 2.75) is 37.8 Å². The van der Waals surface area contributed by atoms with Crippen molar-refractivity contribution in [3.8, 4) is 0 Å². The van der Waals surface area contributed by atoms with Gasteiger partial charge in [-0.3, -0.25) is 0 Å². The average molecular weight is 173 g/mol. The lowest BCUT2D eigenvalue weighted by Crippen LogP contribution is -2.47. The zero-order valence-electron chi connectivity index (χ0n) is 8.01. The van der Waals surface area contributed by atoms with Crippen molar-refractivity contribution in [2.75, 3.05) is 20.3 Å². The Kier molecular flexibility index (Phi) is 3.50. The highest BCUT2D eigenvalue weighted by atomic mass is 16.5. The number of rotatable bonds is 3.